The quantitative estimate of drug-likeness (QED) is 0.216. The maximum atomic E-state index is 11.8. The van der Waals surface area contributed by atoms with E-state index in [2.05, 4.69) is 5.32 Å². The number of nitrogens with one attached hydrogen (secondary N) is 1. The Hall–Kier alpha value is -0.730. The molecule has 0 fully saturated rings. The van der Waals surface area contributed by atoms with Crippen LogP contribution < -0.4 is 5.32 Å². The van der Waals surface area contributed by atoms with Crippen LogP contribution >= 0.6 is 0 Å². The molecule has 2 N–H and O–H groups in total. The second-order valence-electron chi connectivity index (χ2n) is 4.93. The van der Waals surface area contributed by atoms with Crippen molar-refractivity contribution in [1.29, 1.82) is 0 Å². The summed E-state index contributed by atoms with van der Waals surface area (Å²) in [4.78, 5) is 10.0. The topological polar surface area (TPSA) is 83.5 Å². The lowest BCUT2D eigenvalue weighted by Crippen LogP contribution is -2.42. The summed E-state index contributed by atoms with van der Waals surface area (Å²) in [6.45, 7) is 1.81. The van der Waals surface area contributed by atoms with Gasteiger partial charge in [0.1, 0.15) is 0 Å². The van der Waals surface area contributed by atoms with Crippen LogP contribution in [0.25, 0.3) is 0 Å². The largest absolute Gasteiger partial charge is 0.397 e. The highest BCUT2D eigenvalue weighted by Crippen LogP contribution is 2.04. The van der Waals surface area contributed by atoms with Crippen LogP contribution in [0, 0.1) is 0 Å². The first-order valence-electron chi connectivity index (χ1n) is 5.83. The van der Waals surface area contributed by atoms with Crippen LogP contribution in [0.5, 0.6) is 0 Å². The molecule has 0 saturated carbocycles. The lowest BCUT2D eigenvalue weighted by Gasteiger charge is -2.29. The number of unbranched alkanes of at least 4 members (excludes halogenated alkanes) is 1. The Morgan fingerprint density at radius 1 is 1.22 bits per heavy atom. The third-order valence-electron chi connectivity index (χ3n) is 2.62. The molecule has 0 aromatic carbocycles. The highest BCUT2D eigenvalue weighted by Gasteiger charge is 2.15. The van der Waals surface area contributed by atoms with Crippen molar-refractivity contribution in [3.63, 3.8) is 0 Å². The van der Waals surface area contributed by atoms with Gasteiger partial charge in [0.05, 0.1) is 32.9 Å². The fraction of sp³-hybridized carbons (Fsp3) is 0.900. The predicted octanol–water partition coefficient (Wildman–Crippen LogP) is 0.800. The Morgan fingerprint density at radius 3 is 2.28 bits per heavy atom. The van der Waals surface area contributed by atoms with E-state index in [9.17, 15) is 17.6 Å². The van der Waals surface area contributed by atoms with E-state index in [0.717, 1.165) is 13.1 Å². The molecule has 0 unspecified atom stereocenters. The summed E-state index contributed by atoms with van der Waals surface area (Å²) in [6.07, 6.45) is 0.235. The number of hydrogen-bond donors (Lipinski definition) is 2. The van der Waals surface area contributed by atoms with Crippen LogP contribution in [0.1, 0.15) is 19.3 Å². The van der Waals surface area contributed by atoms with E-state index < -0.39 is 16.3 Å². The van der Waals surface area contributed by atoms with Gasteiger partial charge < -0.3 is 9.80 Å². The van der Waals surface area contributed by atoms with Crippen molar-refractivity contribution in [2.75, 3.05) is 39.5 Å². The van der Waals surface area contributed by atoms with E-state index in [0.29, 0.717) is 30.3 Å². The molecule has 0 aliphatic rings. The monoisotopic (exact) mass is 285 g/mol. The first kappa shape index (κ1) is 17.3. The molecule has 8 heteroatoms. The molecule has 0 bridgehead atoms. The molecular weight excluding hydrogens is 263 g/mol. The number of amides is 1. The van der Waals surface area contributed by atoms with Crippen LogP contribution in [0.4, 0.5) is 9.18 Å². The van der Waals surface area contributed by atoms with E-state index in [-0.39, 0.29) is 5.75 Å². The lowest BCUT2D eigenvalue weighted by atomic mass is 10.2. The van der Waals surface area contributed by atoms with Gasteiger partial charge in [-0.05, 0) is 12.8 Å². The van der Waals surface area contributed by atoms with E-state index in [4.69, 9.17) is 4.55 Å². The summed E-state index contributed by atoms with van der Waals surface area (Å²) in [5.41, 5.74) is 0. The predicted molar refractivity (Wildman–Crippen MR) is 66.6 cm³/mol. The van der Waals surface area contributed by atoms with Crippen molar-refractivity contribution in [2.45, 2.75) is 19.3 Å². The number of carbonyl (C=O) groups excluding carboxylic acids is 1. The number of carbonyl (C=O) groups is 1. The zero-order chi connectivity index (χ0) is 14.2. The van der Waals surface area contributed by atoms with Gasteiger partial charge in [0, 0.05) is 13.0 Å². The van der Waals surface area contributed by atoms with Crippen LogP contribution in [0.3, 0.4) is 0 Å². The molecule has 0 rings (SSSR count). The minimum Gasteiger partial charge on any atom is -0.328 e. The maximum absolute atomic E-state index is 11.8. The Balaban J connectivity index is 3.70. The van der Waals surface area contributed by atoms with Gasteiger partial charge >= 0.3 is 6.16 Å². The normalized spacial score (nSPS) is 12.4. The average Bonchev–Trinajstić information content (AvgIpc) is 2.18. The van der Waals surface area contributed by atoms with Crippen molar-refractivity contribution in [3.8, 4) is 0 Å². The summed E-state index contributed by atoms with van der Waals surface area (Å²) in [6, 6.07) is 0. The number of quaternary nitrogens is 1. The molecule has 0 spiro atoms. The van der Waals surface area contributed by atoms with Gasteiger partial charge in [-0.1, -0.05) is 0 Å². The van der Waals surface area contributed by atoms with Crippen molar-refractivity contribution in [3.05, 3.63) is 0 Å². The molecule has 6 nitrogen and oxygen atoms in total. The molecule has 0 aromatic rings. The summed E-state index contributed by atoms with van der Waals surface area (Å²) >= 11 is 0. The molecule has 0 saturated heterocycles. The van der Waals surface area contributed by atoms with E-state index in [1.807, 2.05) is 14.1 Å². The third kappa shape index (κ3) is 11.7. The Morgan fingerprint density at radius 2 is 1.78 bits per heavy atom. The average molecular weight is 285 g/mol. The number of hydrogen-bond acceptors (Lipinski definition) is 3. The smallest absolute Gasteiger partial charge is 0.328 e. The fourth-order valence-electron chi connectivity index (χ4n) is 1.63. The van der Waals surface area contributed by atoms with E-state index >= 15 is 0 Å². The Bertz CT molecular complexity index is 357. The van der Waals surface area contributed by atoms with Gasteiger partial charge in [-0.2, -0.15) is 8.42 Å². The molecule has 0 aliphatic heterocycles. The summed E-state index contributed by atoms with van der Waals surface area (Å²) in [5.74, 6) is -0.217. The van der Waals surface area contributed by atoms with Crippen LogP contribution in [-0.4, -0.2) is 63.1 Å². The van der Waals surface area contributed by atoms with Gasteiger partial charge in [0.15, 0.2) is 0 Å². The van der Waals surface area contributed by atoms with Gasteiger partial charge in [-0.15, -0.1) is 4.39 Å². The van der Waals surface area contributed by atoms with Gasteiger partial charge in [0.25, 0.3) is 10.1 Å². The molecule has 0 aliphatic carbocycles. The zero-order valence-electron chi connectivity index (χ0n) is 10.9. The number of halogens is 1. The minimum atomic E-state index is -3.87. The zero-order valence-corrected chi connectivity index (χ0v) is 11.7. The van der Waals surface area contributed by atoms with Gasteiger partial charge in [-0.3, -0.25) is 4.55 Å². The molecule has 0 heterocycles. The highest BCUT2D eigenvalue weighted by molar-refractivity contribution is 7.85. The SMILES string of the molecule is C[N+](C)(CCCCS(=O)(=O)O)CCCNC(=O)F. The summed E-state index contributed by atoms with van der Waals surface area (Å²) < 4.78 is 42.1. The number of rotatable bonds is 9. The Kier molecular flexibility index (Phi) is 7.34. The Labute approximate surface area is 107 Å². The highest BCUT2D eigenvalue weighted by atomic mass is 32.2. The third-order valence-corrected chi connectivity index (χ3v) is 3.42. The summed E-state index contributed by atoms with van der Waals surface area (Å²) in [7, 11) is 0.0854. The summed E-state index contributed by atoms with van der Waals surface area (Å²) in [5, 5.41) is 2.08. The second-order valence-corrected chi connectivity index (χ2v) is 6.50. The molecule has 18 heavy (non-hydrogen) atoms. The van der Waals surface area contributed by atoms with Crippen molar-refractivity contribution in [1.82, 2.24) is 5.32 Å². The molecule has 1 amide bonds. The first-order chi connectivity index (χ1) is 8.12. The number of nitrogens with zero attached hydrogens (tertiary/aromatic N) is 1. The molecule has 0 aromatic heterocycles. The van der Waals surface area contributed by atoms with Crippen LogP contribution in [-0.2, 0) is 10.1 Å². The molecule has 108 valence electrons. The fourth-order valence-corrected chi connectivity index (χ4v) is 2.20. The van der Waals surface area contributed by atoms with Crippen molar-refractivity contribution >= 4 is 16.3 Å². The van der Waals surface area contributed by atoms with Crippen LogP contribution in [0.15, 0.2) is 0 Å². The van der Waals surface area contributed by atoms with Crippen molar-refractivity contribution < 1.29 is 26.6 Å². The lowest BCUT2D eigenvalue weighted by molar-refractivity contribution is -0.890. The van der Waals surface area contributed by atoms with E-state index in [1.54, 1.807) is 0 Å². The minimum absolute atomic E-state index is 0.217. The standard InChI is InChI=1S/C10H21FN2O4S/c1-13(2,8-5-6-12-10(11)14)7-3-4-9-18(15,16)17/h3-9H2,1-2H3,(H-,12,14,15,16,17)/p+1. The molecule has 0 atom stereocenters. The van der Waals surface area contributed by atoms with Crippen molar-refractivity contribution in [2.24, 2.45) is 0 Å². The first-order valence-corrected chi connectivity index (χ1v) is 7.44. The molecule has 0 radical (unpaired) electrons. The van der Waals surface area contributed by atoms with E-state index in [1.165, 1.54) is 0 Å². The maximum Gasteiger partial charge on any atom is 0.397 e. The van der Waals surface area contributed by atoms with Gasteiger partial charge in [-0.25, -0.2) is 4.79 Å². The second kappa shape index (κ2) is 7.65. The van der Waals surface area contributed by atoms with Crippen LogP contribution in [0.2, 0.25) is 0 Å². The van der Waals surface area contributed by atoms with Gasteiger partial charge in [0.2, 0.25) is 0 Å². The molecular formula is C10H22FN2O4S+.